The normalized spacial score (nSPS) is 11.4. The zero-order valence-electron chi connectivity index (χ0n) is 8.61. The number of nitro groups is 1. The predicted molar refractivity (Wildman–Crippen MR) is 50.2 cm³/mol. The molecule has 0 saturated heterocycles. The molecule has 94 valence electrons. The molecule has 1 aromatic heterocycles. The number of nitrogens with two attached hydrogens (primary N) is 1. The molecule has 1 heterocycles. The molecule has 0 atom stereocenters. The van der Waals surface area contributed by atoms with Crippen molar-refractivity contribution in [2.24, 2.45) is 5.73 Å². The standard InChI is InChI=1S/C8H8F3N3O3/c1-4-6(14(15)16)5(2-12)3-13-7(4)17-8(9,10)11/h3H,2,12H2,1H3. The number of pyridine rings is 1. The molecule has 0 aliphatic heterocycles. The van der Waals surface area contributed by atoms with Crippen LogP contribution in [0.15, 0.2) is 6.20 Å². The zero-order valence-corrected chi connectivity index (χ0v) is 8.61. The van der Waals surface area contributed by atoms with E-state index in [1.165, 1.54) is 0 Å². The molecule has 17 heavy (non-hydrogen) atoms. The predicted octanol–water partition coefficient (Wildman–Crippen LogP) is 1.66. The minimum absolute atomic E-state index is 0.0435. The molecule has 0 saturated carbocycles. The third-order valence-electron chi connectivity index (χ3n) is 1.93. The van der Waals surface area contributed by atoms with Crippen molar-refractivity contribution in [1.29, 1.82) is 0 Å². The summed E-state index contributed by atoms with van der Waals surface area (Å²) in [4.78, 5) is 13.2. The summed E-state index contributed by atoms with van der Waals surface area (Å²) in [6.07, 6.45) is -4.05. The highest BCUT2D eigenvalue weighted by Crippen LogP contribution is 2.31. The van der Waals surface area contributed by atoms with Crippen molar-refractivity contribution < 1.29 is 22.8 Å². The lowest BCUT2D eigenvalue weighted by Crippen LogP contribution is -2.19. The van der Waals surface area contributed by atoms with E-state index in [4.69, 9.17) is 5.73 Å². The van der Waals surface area contributed by atoms with Crippen LogP contribution in [0.1, 0.15) is 11.1 Å². The molecule has 1 aromatic rings. The summed E-state index contributed by atoms with van der Waals surface area (Å²) >= 11 is 0. The molecule has 9 heteroatoms. The molecular formula is C8H8F3N3O3. The van der Waals surface area contributed by atoms with Gasteiger partial charge in [-0.1, -0.05) is 0 Å². The van der Waals surface area contributed by atoms with Gasteiger partial charge in [0.1, 0.15) is 0 Å². The van der Waals surface area contributed by atoms with Gasteiger partial charge in [-0.25, -0.2) is 4.98 Å². The Morgan fingerprint density at radius 3 is 2.59 bits per heavy atom. The van der Waals surface area contributed by atoms with Crippen LogP contribution >= 0.6 is 0 Å². The Balaban J connectivity index is 3.28. The average Bonchev–Trinajstić information content (AvgIpc) is 2.18. The summed E-state index contributed by atoms with van der Waals surface area (Å²) in [5.74, 6) is -0.846. The molecule has 0 amide bonds. The van der Waals surface area contributed by atoms with Crippen LogP contribution < -0.4 is 10.5 Å². The van der Waals surface area contributed by atoms with E-state index >= 15 is 0 Å². The monoisotopic (exact) mass is 251 g/mol. The molecule has 0 aliphatic rings. The maximum absolute atomic E-state index is 12.0. The third-order valence-corrected chi connectivity index (χ3v) is 1.93. The van der Waals surface area contributed by atoms with Crippen LogP contribution in [0.5, 0.6) is 5.88 Å². The van der Waals surface area contributed by atoms with Gasteiger partial charge < -0.3 is 10.5 Å². The lowest BCUT2D eigenvalue weighted by atomic mass is 10.1. The molecule has 0 aromatic carbocycles. The fourth-order valence-electron chi connectivity index (χ4n) is 1.25. The second kappa shape index (κ2) is 4.53. The van der Waals surface area contributed by atoms with Crippen molar-refractivity contribution in [3.63, 3.8) is 0 Å². The number of rotatable bonds is 3. The van der Waals surface area contributed by atoms with Crippen molar-refractivity contribution in [2.45, 2.75) is 19.8 Å². The lowest BCUT2D eigenvalue weighted by Gasteiger charge is -2.11. The average molecular weight is 251 g/mol. The number of hydrogen-bond donors (Lipinski definition) is 1. The van der Waals surface area contributed by atoms with Gasteiger partial charge >= 0.3 is 6.36 Å². The molecular weight excluding hydrogens is 243 g/mol. The van der Waals surface area contributed by atoms with Crippen molar-refractivity contribution in [1.82, 2.24) is 4.98 Å². The van der Waals surface area contributed by atoms with Gasteiger partial charge in [-0.2, -0.15) is 0 Å². The van der Waals surface area contributed by atoms with E-state index < -0.39 is 22.9 Å². The fourth-order valence-corrected chi connectivity index (χ4v) is 1.25. The molecule has 0 radical (unpaired) electrons. The van der Waals surface area contributed by atoms with E-state index in [-0.39, 0.29) is 17.7 Å². The Hall–Kier alpha value is -1.90. The smallest absolute Gasteiger partial charge is 0.387 e. The molecule has 0 bridgehead atoms. The molecule has 0 aliphatic carbocycles. The Kier molecular flexibility index (Phi) is 3.51. The van der Waals surface area contributed by atoms with E-state index in [9.17, 15) is 23.3 Å². The van der Waals surface area contributed by atoms with Gasteiger partial charge in [0, 0.05) is 12.7 Å². The molecule has 0 unspecified atom stereocenters. The topological polar surface area (TPSA) is 91.3 Å². The summed E-state index contributed by atoms with van der Waals surface area (Å²) in [7, 11) is 0. The second-order valence-electron chi connectivity index (χ2n) is 3.07. The van der Waals surface area contributed by atoms with Gasteiger partial charge in [-0.3, -0.25) is 10.1 Å². The Bertz CT molecular complexity index is 448. The molecule has 6 nitrogen and oxygen atoms in total. The van der Waals surface area contributed by atoms with Gasteiger partial charge in [-0.15, -0.1) is 13.2 Å². The number of halogens is 3. The highest BCUT2D eigenvalue weighted by molar-refractivity contribution is 5.50. The van der Waals surface area contributed by atoms with E-state index in [1.807, 2.05) is 0 Å². The maximum atomic E-state index is 12.0. The van der Waals surface area contributed by atoms with E-state index in [1.54, 1.807) is 0 Å². The quantitative estimate of drug-likeness (QED) is 0.651. The van der Waals surface area contributed by atoms with Crippen molar-refractivity contribution in [2.75, 3.05) is 0 Å². The van der Waals surface area contributed by atoms with Gasteiger partial charge in [0.15, 0.2) is 0 Å². The number of ether oxygens (including phenoxy) is 1. The molecule has 0 spiro atoms. The van der Waals surface area contributed by atoms with Gasteiger partial charge in [0.05, 0.1) is 16.1 Å². The summed E-state index contributed by atoms with van der Waals surface area (Å²) in [6, 6.07) is 0. The van der Waals surface area contributed by atoms with Crippen LogP contribution in [-0.4, -0.2) is 16.3 Å². The first-order valence-electron chi connectivity index (χ1n) is 4.35. The Morgan fingerprint density at radius 1 is 1.59 bits per heavy atom. The van der Waals surface area contributed by atoms with Crippen molar-refractivity contribution in [3.05, 3.63) is 27.4 Å². The number of hydrogen-bond acceptors (Lipinski definition) is 5. The molecule has 2 N–H and O–H groups in total. The first kappa shape index (κ1) is 13.2. The Labute approximate surface area is 93.3 Å². The van der Waals surface area contributed by atoms with E-state index in [0.29, 0.717) is 0 Å². The van der Waals surface area contributed by atoms with Crippen LogP contribution in [-0.2, 0) is 6.54 Å². The zero-order chi connectivity index (χ0) is 13.2. The van der Waals surface area contributed by atoms with Crippen LogP contribution in [0.2, 0.25) is 0 Å². The molecule has 0 fully saturated rings. The highest BCUT2D eigenvalue weighted by atomic mass is 19.4. The lowest BCUT2D eigenvalue weighted by molar-refractivity contribution is -0.386. The first-order valence-corrected chi connectivity index (χ1v) is 4.35. The van der Waals surface area contributed by atoms with Gasteiger partial charge in [0.2, 0.25) is 5.88 Å². The summed E-state index contributed by atoms with van der Waals surface area (Å²) in [6.45, 7) is 0.918. The second-order valence-corrected chi connectivity index (χ2v) is 3.07. The van der Waals surface area contributed by atoms with E-state index in [2.05, 4.69) is 9.72 Å². The fraction of sp³-hybridized carbons (Fsp3) is 0.375. The van der Waals surface area contributed by atoms with Crippen LogP contribution in [0.25, 0.3) is 0 Å². The van der Waals surface area contributed by atoms with Crippen LogP contribution in [0.4, 0.5) is 18.9 Å². The summed E-state index contributed by atoms with van der Waals surface area (Å²) < 4.78 is 39.5. The van der Waals surface area contributed by atoms with Gasteiger partial charge in [-0.05, 0) is 6.92 Å². The largest absolute Gasteiger partial charge is 0.574 e. The third kappa shape index (κ3) is 3.03. The van der Waals surface area contributed by atoms with Crippen molar-refractivity contribution >= 4 is 5.69 Å². The SMILES string of the molecule is Cc1c(OC(F)(F)F)ncc(CN)c1[N+](=O)[O-]. The first-order chi connectivity index (χ1) is 7.76. The summed E-state index contributed by atoms with van der Waals surface area (Å²) in [5.41, 5.74) is 4.45. The Morgan fingerprint density at radius 2 is 2.18 bits per heavy atom. The number of nitrogens with zero attached hydrogens (tertiary/aromatic N) is 2. The van der Waals surface area contributed by atoms with E-state index in [0.717, 1.165) is 13.1 Å². The van der Waals surface area contributed by atoms with Crippen molar-refractivity contribution in [3.8, 4) is 5.88 Å². The van der Waals surface area contributed by atoms with Gasteiger partial charge in [0.25, 0.3) is 5.69 Å². The maximum Gasteiger partial charge on any atom is 0.574 e. The van der Waals surface area contributed by atoms with Crippen LogP contribution in [0.3, 0.4) is 0 Å². The van der Waals surface area contributed by atoms with Crippen LogP contribution in [0, 0.1) is 17.0 Å². The minimum Gasteiger partial charge on any atom is -0.387 e. The number of alkyl halides is 3. The number of aromatic nitrogens is 1. The molecule has 1 rings (SSSR count). The summed E-state index contributed by atoms with van der Waals surface area (Å²) in [5, 5.41) is 10.7. The highest BCUT2D eigenvalue weighted by Gasteiger charge is 2.34. The minimum atomic E-state index is -4.95.